The van der Waals surface area contributed by atoms with E-state index in [2.05, 4.69) is 11.1 Å². The molecule has 0 saturated carbocycles. The molecule has 4 nitrogen and oxygen atoms in total. The molecule has 0 saturated heterocycles. The second-order valence-electron chi connectivity index (χ2n) is 4.97. The Morgan fingerprint density at radius 3 is 2.79 bits per heavy atom. The Hall–Kier alpha value is -2.84. The van der Waals surface area contributed by atoms with Crippen LogP contribution in [0.2, 0.25) is 0 Å². The summed E-state index contributed by atoms with van der Waals surface area (Å²) in [7, 11) is 1.60. The van der Waals surface area contributed by atoms with Gasteiger partial charge in [0.05, 0.1) is 29.5 Å². The number of para-hydroxylation sites is 2. The smallest absolute Gasteiger partial charge is 0.167 e. The second-order valence-corrected chi connectivity index (χ2v) is 6.00. The molecule has 3 rings (SSSR count). The van der Waals surface area contributed by atoms with Gasteiger partial charge in [-0.15, -0.1) is 11.3 Å². The molecule has 24 heavy (non-hydrogen) atoms. The summed E-state index contributed by atoms with van der Waals surface area (Å²) in [6, 6.07) is 15.7. The van der Waals surface area contributed by atoms with Gasteiger partial charge in [-0.2, -0.15) is 5.26 Å². The van der Waals surface area contributed by atoms with Gasteiger partial charge in [0, 0.05) is 5.56 Å². The molecule has 0 atom stereocenters. The topological polar surface area (TPSA) is 55.1 Å². The molecule has 0 radical (unpaired) electrons. The number of benzene rings is 2. The molecule has 0 aliphatic heterocycles. The van der Waals surface area contributed by atoms with Crippen LogP contribution in [0.3, 0.4) is 0 Å². The number of nitrogens with zero attached hydrogens (tertiary/aromatic N) is 2. The van der Waals surface area contributed by atoms with E-state index < -0.39 is 0 Å². The van der Waals surface area contributed by atoms with Crippen LogP contribution in [-0.2, 0) is 0 Å². The molecule has 0 N–H and O–H groups in total. The van der Waals surface area contributed by atoms with Gasteiger partial charge >= 0.3 is 0 Å². The number of hydrogen-bond acceptors (Lipinski definition) is 5. The van der Waals surface area contributed by atoms with Crippen molar-refractivity contribution in [1.29, 1.82) is 5.26 Å². The summed E-state index contributed by atoms with van der Waals surface area (Å²) in [5, 5.41) is 10.3. The van der Waals surface area contributed by atoms with Crippen molar-refractivity contribution >= 4 is 33.2 Å². The van der Waals surface area contributed by atoms with Gasteiger partial charge in [0.15, 0.2) is 11.5 Å². The number of fused-ring (bicyclic) bond motifs is 1. The summed E-state index contributed by atoms with van der Waals surface area (Å²) in [6.07, 6.45) is 1.79. The lowest BCUT2D eigenvalue weighted by Crippen LogP contribution is -1.97. The zero-order chi connectivity index (χ0) is 16.9. The predicted molar refractivity (Wildman–Crippen MR) is 97.3 cm³/mol. The van der Waals surface area contributed by atoms with Gasteiger partial charge in [0.2, 0.25) is 0 Å². The van der Waals surface area contributed by atoms with Gasteiger partial charge in [-0.1, -0.05) is 24.3 Å². The number of thiazole rings is 1. The minimum Gasteiger partial charge on any atom is -0.492 e. The van der Waals surface area contributed by atoms with E-state index in [4.69, 9.17) is 9.47 Å². The fourth-order valence-electron chi connectivity index (χ4n) is 2.42. The number of methoxy groups -OCH3 is 1. The molecule has 0 aliphatic carbocycles. The molecule has 0 aliphatic rings. The number of aromatic nitrogens is 1. The van der Waals surface area contributed by atoms with Gasteiger partial charge in [0.1, 0.15) is 11.1 Å². The number of allylic oxidation sites excluding steroid dienone is 1. The third-order valence-electron chi connectivity index (χ3n) is 3.46. The van der Waals surface area contributed by atoms with Crippen LogP contribution in [0, 0.1) is 11.3 Å². The Balaban J connectivity index is 2.08. The normalized spacial score (nSPS) is 11.3. The lowest BCUT2D eigenvalue weighted by Gasteiger charge is -2.11. The third kappa shape index (κ3) is 3.10. The lowest BCUT2D eigenvalue weighted by atomic mass is 10.1. The Morgan fingerprint density at radius 2 is 2.08 bits per heavy atom. The maximum absolute atomic E-state index is 9.58. The van der Waals surface area contributed by atoms with Crippen molar-refractivity contribution in [2.75, 3.05) is 13.7 Å². The first kappa shape index (κ1) is 16.0. The van der Waals surface area contributed by atoms with Crippen LogP contribution in [0.5, 0.6) is 11.5 Å². The lowest BCUT2D eigenvalue weighted by molar-refractivity contribution is 0.310. The highest BCUT2D eigenvalue weighted by molar-refractivity contribution is 7.19. The SMILES string of the molecule is CCOc1cccc(/C=C(\C#N)c2nc3ccccc3s2)c1OC. The molecule has 0 amide bonds. The second kappa shape index (κ2) is 7.16. The fourth-order valence-corrected chi connectivity index (χ4v) is 3.35. The fraction of sp³-hybridized carbons (Fsp3) is 0.158. The van der Waals surface area contributed by atoms with Crippen LogP contribution < -0.4 is 9.47 Å². The number of hydrogen-bond donors (Lipinski definition) is 0. The van der Waals surface area contributed by atoms with E-state index in [9.17, 15) is 5.26 Å². The minimum absolute atomic E-state index is 0.503. The minimum atomic E-state index is 0.503. The Kier molecular flexibility index (Phi) is 4.78. The number of nitriles is 1. The van der Waals surface area contributed by atoms with Crippen molar-refractivity contribution in [3.63, 3.8) is 0 Å². The van der Waals surface area contributed by atoms with E-state index in [0.717, 1.165) is 15.8 Å². The Labute approximate surface area is 144 Å². The van der Waals surface area contributed by atoms with Crippen molar-refractivity contribution in [2.45, 2.75) is 6.92 Å². The molecule has 0 fully saturated rings. The van der Waals surface area contributed by atoms with Crippen LogP contribution in [0.4, 0.5) is 0 Å². The molecule has 2 aromatic carbocycles. The summed E-state index contributed by atoms with van der Waals surface area (Å²) in [6.45, 7) is 2.47. The zero-order valence-corrected chi connectivity index (χ0v) is 14.3. The van der Waals surface area contributed by atoms with Gasteiger partial charge in [-0.25, -0.2) is 4.98 Å². The summed E-state index contributed by atoms with van der Waals surface area (Å²) >= 11 is 1.50. The molecule has 0 bridgehead atoms. The van der Waals surface area contributed by atoms with Crippen molar-refractivity contribution in [3.8, 4) is 17.6 Å². The highest BCUT2D eigenvalue weighted by Gasteiger charge is 2.12. The quantitative estimate of drug-likeness (QED) is 0.630. The molecule has 0 unspecified atom stereocenters. The standard InChI is InChI=1S/C19H16N2O2S/c1-3-23-16-9-6-7-13(18(16)22-2)11-14(12-20)19-21-15-8-4-5-10-17(15)24-19/h4-11H,3H2,1-2H3/b14-11+. The average molecular weight is 336 g/mol. The first-order valence-electron chi connectivity index (χ1n) is 7.54. The number of ether oxygens (including phenoxy) is 2. The van der Waals surface area contributed by atoms with E-state index in [1.807, 2.05) is 49.4 Å². The van der Waals surface area contributed by atoms with Gasteiger partial charge < -0.3 is 9.47 Å². The van der Waals surface area contributed by atoms with Crippen molar-refractivity contribution in [1.82, 2.24) is 4.98 Å². The molecule has 0 spiro atoms. The van der Waals surface area contributed by atoms with Crippen LogP contribution in [0.15, 0.2) is 42.5 Å². The van der Waals surface area contributed by atoms with E-state index >= 15 is 0 Å². The van der Waals surface area contributed by atoms with E-state index in [0.29, 0.717) is 28.7 Å². The zero-order valence-electron chi connectivity index (χ0n) is 13.4. The average Bonchev–Trinajstić information content (AvgIpc) is 3.04. The highest BCUT2D eigenvalue weighted by atomic mass is 32.1. The molecular weight excluding hydrogens is 320 g/mol. The summed E-state index contributed by atoms with van der Waals surface area (Å²) in [5.74, 6) is 1.28. The van der Waals surface area contributed by atoms with Crippen molar-refractivity contribution < 1.29 is 9.47 Å². The molecule has 3 aromatic rings. The van der Waals surface area contributed by atoms with E-state index in [-0.39, 0.29) is 0 Å². The first-order chi connectivity index (χ1) is 11.8. The van der Waals surface area contributed by atoms with Crippen LogP contribution in [0.1, 0.15) is 17.5 Å². The predicted octanol–water partition coefficient (Wildman–Crippen LogP) is 4.77. The third-order valence-corrected chi connectivity index (χ3v) is 4.53. The maximum atomic E-state index is 9.58. The maximum Gasteiger partial charge on any atom is 0.167 e. The Morgan fingerprint density at radius 1 is 1.25 bits per heavy atom. The van der Waals surface area contributed by atoms with E-state index in [1.165, 1.54) is 11.3 Å². The van der Waals surface area contributed by atoms with Crippen LogP contribution in [0.25, 0.3) is 21.9 Å². The van der Waals surface area contributed by atoms with Crippen molar-refractivity contribution in [2.24, 2.45) is 0 Å². The first-order valence-corrected chi connectivity index (χ1v) is 8.36. The van der Waals surface area contributed by atoms with Crippen LogP contribution >= 0.6 is 11.3 Å². The summed E-state index contributed by atoms with van der Waals surface area (Å²) in [4.78, 5) is 4.55. The Bertz CT molecular complexity index is 905. The van der Waals surface area contributed by atoms with Crippen LogP contribution in [-0.4, -0.2) is 18.7 Å². The number of rotatable bonds is 5. The van der Waals surface area contributed by atoms with Gasteiger partial charge in [-0.05, 0) is 31.2 Å². The molecule has 1 heterocycles. The van der Waals surface area contributed by atoms with Gasteiger partial charge in [-0.3, -0.25) is 0 Å². The van der Waals surface area contributed by atoms with Gasteiger partial charge in [0.25, 0.3) is 0 Å². The highest BCUT2D eigenvalue weighted by Crippen LogP contribution is 2.34. The summed E-state index contributed by atoms with van der Waals surface area (Å²) < 4.78 is 12.1. The molecule has 120 valence electrons. The largest absolute Gasteiger partial charge is 0.492 e. The molecule has 5 heteroatoms. The van der Waals surface area contributed by atoms with E-state index in [1.54, 1.807) is 13.2 Å². The van der Waals surface area contributed by atoms with Crippen molar-refractivity contribution in [3.05, 3.63) is 53.0 Å². The molecular formula is C19H16N2O2S. The molecule has 1 aromatic heterocycles. The summed E-state index contributed by atoms with van der Waals surface area (Å²) in [5.41, 5.74) is 2.19. The monoisotopic (exact) mass is 336 g/mol.